The number of ether oxygens (including phenoxy) is 3. The number of hydrogen-bond donors (Lipinski definition) is 0. The molecule has 0 bridgehead atoms. The first kappa shape index (κ1) is 61.6. The Morgan fingerprint density at radius 2 is 0.609 bits per heavy atom. The van der Waals surface area contributed by atoms with Crippen LogP contribution in [-0.2, 0) is 23.8 Å². The van der Waals surface area contributed by atoms with Crippen LogP contribution >= 0.6 is 0 Å². The molecule has 0 aromatic rings. The fourth-order valence-corrected chi connectivity index (χ4v) is 7.83. The van der Waals surface area contributed by atoms with Gasteiger partial charge in [-0.15, -0.1) is 0 Å². The molecule has 0 amide bonds. The molecule has 0 aliphatic carbocycles. The molecule has 0 N–H and O–H groups in total. The Labute approximate surface area is 398 Å². The SMILES string of the molecule is CCCCC/C=C\C/C=C\CCCCCCCC(=O)OC[C@H](COC(=O)CCC/C=C\C/C=C\C/C=C\CCCCCCCC)OCCCCCCCCCCCCCCCCCC. The van der Waals surface area contributed by atoms with Crippen LogP contribution in [0.3, 0.4) is 0 Å². The van der Waals surface area contributed by atoms with Gasteiger partial charge < -0.3 is 14.2 Å². The number of esters is 2. The largest absolute Gasteiger partial charge is 0.463 e. The monoisotopic (exact) mass is 895 g/mol. The lowest BCUT2D eigenvalue weighted by atomic mass is 10.0. The van der Waals surface area contributed by atoms with Crippen LogP contribution in [0, 0.1) is 0 Å². The van der Waals surface area contributed by atoms with E-state index >= 15 is 0 Å². The molecule has 372 valence electrons. The topological polar surface area (TPSA) is 61.8 Å². The van der Waals surface area contributed by atoms with Gasteiger partial charge in [0.1, 0.15) is 19.3 Å². The van der Waals surface area contributed by atoms with Crippen LogP contribution in [0.15, 0.2) is 60.8 Å². The van der Waals surface area contributed by atoms with E-state index in [4.69, 9.17) is 14.2 Å². The smallest absolute Gasteiger partial charge is 0.305 e. The zero-order chi connectivity index (χ0) is 46.3. The molecular weight excluding hydrogens is 789 g/mol. The molecule has 0 heterocycles. The van der Waals surface area contributed by atoms with Crippen molar-refractivity contribution in [3.8, 4) is 0 Å². The Bertz CT molecular complexity index is 1100. The highest BCUT2D eigenvalue weighted by atomic mass is 16.6. The third-order valence-corrected chi connectivity index (χ3v) is 12.1. The zero-order valence-corrected chi connectivity index (χ0v) is 42.8. The summed E-state index contributed by atoms with van der Waals surface area (Å²) in [5.74, 6) is -0.400. The van der Waals surface area contributed by atoms with Crippen LogP contribution in [0.4, 0.5) is 0 Å². The summed E-state index contributed by atoms with van der Waals surface area (Å²) in [5, 5.41) is 0. The van der Waals surface area contributed by atoms with Crippen LogP contribution in [0.25, 0.3) is 0 Å². The molecular formula is C59H106O5. The predicted molar refractivity (Wildman–Crippen MR) is 279 cm³/mol. The highest BCUT2D eigenvalue weighted by Crippen LogP contribution is 2.15. The average molecular weight is 895 g/mol. The van der Waals surface area contributed by atoms with E-state index in [1.807, 2.05) is 0 Å². The molecule has 5 nitrogen and oxygen atoms in total. The standard InChI is InChI=1S/C59H106O5/c1-4-7-10-13-16-19-22-25-28-30-32-35-38-41-44-47-50-53-59(61)64-56-57(62-54-51-48-45-42-39-36-33-29-26-23-20-17-14-11-8-5-2)55-63-58(60)52-49-46-43-40-37-34-31-27-24-21-18-15-12-9-6-3/h18,21,25,27-28,31-32,35,41,44,57H,4-17,19-20,22-24,26,29-30,33-34,36-40,42-43,45-56H2,1-3H3/b21-18-,28-25-,31-27-,35-32-,44-41-/t57-/m1/s1. The highest BCUT2D eigenvalue weighted by molar-refractivity contribution is 5.69. The minimum absolute atomic E-state index is 0.128. The van der Waals surface area contributed by atoms with Crippen LogP contribution < -0.4 is 0 Å². The van der Waals surface area contributed by atoms with Gasteiger partial charge in [0.05, 0.1) is 0 Å². The summed E-state index contributed by atoms with van der Waals surface area (Å²) in [4.78, 5) is 25.2. The van der Waals surface area contributed by atoms with Gasteiger partial charge in [-0.1, -0.05) is 242 Å². The zero-order valence-electron chi connectivity index (χ0n) is 42.8. The van der Waals surface area contributed by atoms with Crippen molar-refractivity contribution in [1.82, 2.24) is 0 Å². The Morgan fingerprint density at radius 1 is 0.328 bits per heavy atom. The molecule has 0 unspecified atom stereocenters. The normalized spacial score (nSPS) is 12.6. The van der Waals surface area contributed by atoms with E-state index in [9.17, 15) is 9.59 Å². The van der Waals surface area contributed by atoms with Crippen molar-refractivity contribution in [2.24, 2.45) is 0 Å². The molecule has 0 aromatic carbocycles. The molecule has 0 radical (unpaired) electrons. The van der Waals surface area contributed by atoms with E-state index in [0.29, 0.717) is 19.4 Å². The molecule has 0 aromatic heterocycles. The maximum atomic E-state index is 12.6. The lowest BCUT2D eigenvalue weighted by Gasteiger charge is -2.18. The van der Waals surface area contributed by atoms with E-state index in [0.717, 1.165) is 70.6 Å². The molecule has 0 saturated carbocycles. The number of allylic oxidation sites excluding steroid dienone is 10. The van der Waals surface area contributed by atoms with Crippen LogP contribution in [0.2, 0.25) is 0 Å². The average Bonchev–Trinajstić information content (AvgIpc) is 3.30. The van der Waals surface area contributed by atoms with Crippen molar-refractivity contribution >= 4 is 11.9 Å². The van der Waals surface area contributed by atoms with E-state index in [-0.39, 0.29) is 25.2 Å². The Morgan fingerprint density at radius 3 is 1.02 bits per heavy atom. The Kier molecular flexibility index (Phi) is 52.9. The minimum Gasteiger partial charge on any atom is -0.463 e. The maximum Gasteiger partial charge on any atom is 0.305 e. The number of hydrogen-bond acceptors (Lipinski definition) is 5. The summed E-state index contributed by atoms with van der Waals surface area (Å²) in [6, 6.07) is 0. The number of rotatable bonds is 51. The second kappa shape index (κ2) is 54.9. The number of carbonyl (C=O) groups is 2. The highest BCUT2D eigenvalue weighted by Gasteiger charge is 2.16. The molecule has 0 spiro atoms. The summed E-state index contributed by atoms with van der Waals surface area (Å²) in [5.41, 5.74) is 0. The van der Waals surface area contributed by atoms with E-state index in [2.05, 4.69) is 81.5 Å². The van der Waals surface area contributed by atoms with Crippen molar-refractivity contribution in [3.63, 3.8) is 0 Å². The van der Waals surface area contributed by atoms with Gasteiger partial charge in [0, 0.05) is 19.4 Å². The summed E-state index contributed by atoms with van der Waals surface area (Å²) in [6.45, 7) is 7.66. The lowest BCUT2D eigenvalue weighted by molar-refractivity contribution is -0.155. The quantitative estimate of drug-likeness (QED) is 0.0346. The van der Waals surface area contributed by atoms with Gasteiger partial charge in [0.15, 0.2) is 0 Å². The number of carbonyl (C=O) groups excluding carboxylic acids is 2. The third-order valence-electron chi connectivity index (χ3n) is 12.1. The predicted octanol–water partition coefficient (Wildman–Crippen LogP) is 18.9. The van der Waals surface area contributed by atoms with Gasteiger partial charge in [0.2, 0.25) is 0 Å². The van der Waals surface area contributed by atoms with Crippen molar-refractivity contribution in [2.45, 2.75) is 284 Å². The second-order valence-electron chi connectivity index (χ2n) is 18.5. The molecule has 5 heteroatoms. The fourth-order valence-electron chi connectivity index (χ4n) is 7.83. The van der Waals surface area contributed by atoms with E-state index in [1.54, 1.807) is 0 Å². The van der Waals surface area contributed by atoms with Gasteiger partial charge in [-0.25, -0.2) is 0 Å². The van der Waals surface area contributed by atoms with Crippen molar-refractivity contribution < 1.29 is 23.8 Å². The van der Waals surface area contributed by atoms with Crippen molar-refractivity contribution in [2.75, 3.05) is 19.8 Å². The first-order valence-corrected chi connectivity index (χ1v) is 27.8. The summed E-state index contributed by atoms with van der Waals surface area (Å²) in [7, 11) is 0. The van der Waals surface area contributed by atoms with E-state index < -0.39 is 6.10 Å². The summed E-state index contributed by atoms with van der Waals surface area (Å²) >= 11 is 0. The molecule has 1 atom stereocenters. The van der Waals surface area contributed by atoms with E-state index in [1.165, 1.54) is 173 Å². The van der Waals surface area contributed by atoms with Crippen molar-refractivity contribution in [3.05, 3.63) is 60.8 Å². The van der Waals surface area contributed by atoms with Crippen molar-refractivity contribution in [1.29, 1.82) is 0 Å². The molecule has 0 aliphatic rings. The Hall–Kier alpha value is -2.40. The summed E-state index contributed by atoms with van der Waals surface area (Å²) < 4.78 is 17.4. The minimum atomic E-state index is -0.425. The molecule has 0 rings (SSSR count). The maximum absolute atomic E-state index is 12.6. The number of unbranched alkanes of at least 4 members (excludes halogenated alkanes) is 30. The van der Waals surface area contributed by atoms with Gasteiger partial charge in [-0.2, -0.15) is 0 Å². The molecule has 0 saturated heterocycles. The fraction of sp³-hybridized carbons (Fsp3) is 0.797. The lowest BCUT2D eigenvalue weighted by Crippen LogP contribution is -2.29. The first-order chi connectivity index (χ1) is 31.6. The molecule has 0 fully saturated rings. The summed E-state index contributed by atoms with van der Waals surface area (Å²) in [6.07, 6.45) is 69.7. The second-order valence-corrected chi connectivity index (χ2v) is 18.5. The van der Waals surface area contributed by atoms with Gasteiger partial charge >= 0.3 is 11.9 Å². The molecule has 64 heavy (non-hydrogen) atoms. The van der Waals surface area contributed by atoms with Gasteiger partial charge in [-0.05, 0) is 83.5 Å². The van der Waals surface area contributed by atoms with Crippen LogP contribution in [0.1, 0.15) is 278 Å². The van der Waals surface area contributed by atoms with Gasteiger partial charge in [0.25, 0.3) is 0 Å². The third kappa shape index (κ3) is 52.2. The first-order valence-electron chi connectivity index (χ1n) is 27.8. The van der Waals surface area contributed by atoms with Crippen LogP contribution in [-0.4, -0.2) is 37.9 Å². The Balaban J connectivity index is 4.34. The molecule has 0 aliphatic heterocycles. The van der Waals surface area contributed by atoms with Gasteiger partial charge in [-0.3, -0.25) is 9.59 Å². The van der Waals surface area contributed by atoms with Crippen LogP contribution in [0.5, 0.6) is 0 Å².